The van der Waals surface area contributed by atoms with E-state index in [1.807, 2.05) is 0 Å². The zero-order valence-electron chi connectivity index (χ0n) is 13.9. The highest BCUT2D eigenvalue weighted by atomic mass is 32.2. The number of hydrogen-bond acceptors (Lipinski definition) is 7. The Kier molecular flexibility index (Phi) is 7.29. The third-order valence-electron chi connectivity index (χ3n) is 3.23. The first-order chi connectivity index (χ1) is 12.1. The van der Waals surface area contributed by atoms with Crippen LogP contribution in [0.4, 0.5) is 26.3 Å². The van der Waals surface area contributed by atoms with Crippen LogP contribution in [0.2, 0.25) is 0 Å². The number of carbonyl (C=O) groups is 1. The predicted octanol–water partition coefficient (Wildman–Crippen LogP) is 2.43. The lowest BCUT2D eigenvalue weighted by atomic mass is 10.1. The molecule has 1 unspecified atom stereocenters. The molecular formula is C13H16F6O7S. The minimum Gasteiger partial charge on any atom is -0.453 e. The molecule has 0 aromatic rings. The number of halogens is 6. The Morgan fingerprint density at radius 3 is 2.19 bits per heavy atom. The topological polar surface area (TPSA) is 88.1 Å². The number of esters is 1. The lowest BCUT2D eigenvalue weighted by Gasteiger charge is -2.36. The van der Waals surface area contributed by atoms with Crippen LogP contribution < -0.4 is 0 Å². The van der Waals surface area contributed by atoms with Crippen molar-refractivity contribution in [3.8, 4) is 0 Å². The summed E-state index contributed by atoms with van der Waals surface area (Å²) < 4.78 is 119. The summed E-state index contributed by atoms with van der Waals surface area (Å²) in [6.07, 6.45) is -9.50. The molecule has 1 aliphatic heterocycles. The molecule has 1 fully saturated rings. The first kappa shape index (κ1) is 23.7. The maximum atomic E-state index is 13.7. The van der Waals surface area contributed by atoms with Crippen molar-refractivity contribution in [3.05, 3.63) is 12.4 Å². The molecule has 1 heterocycles. The lowest BCUT2D eigenvalue weighted by Crippen LogP contribution is -2.48. The Hall–Kier alpha value is -1.38. The molecule has 0 aromatic carbocycles. The first-order valence-corrected chi connectivity index (χ1v) is 8.67. The number of alkyl halides is 5. The van der Waals surface area contributed by atoms with Crippen molar-refractivity contribution in [2.24, 2.45) is 0 Å². The monoisotopic (exact) mass is 430 g/mol. The average Bonchev–Trinajstić information content (AvgIpc) is 2.51. The van der Waals surface area contributed by atoms with Crippen LogP contribution in [0, 0.1) is 0 Å². The Labute approximate surface area is 150 Å². The minimum atomic E-state index is -6.23. The number of hydrogen-bond donors (Lipinski definition) is 0. The highest BCUT2D eigenvalue weighted by Gasteiger charge is 2.55. The van der Waals surface area contributed by atoms with Crippen LogP contribution in [0.25, 0.3) is 0 Å². The van der Waals surface area contributed by atoms with Gasteiger partial charge in [0.1, 0.15) is 0 Å². The van der Waals surface area contributed by atoms with Gasteiger partial charge >= 0.3 is 27.5 Å². The number of carbonyl (C=O) groups excluding carboxylic acids is 1. The second-order valence-corrected chi connectivity index (χ2v) is 7.29. The van der Waals surface area contributed by atoms with E-state index in [9.17, 15) is 39.6 Å². The molecular weight excluding hydrogens is 414 g/mol. The molecule has 0 saturated carbocycles. The summed E-state index contributed by atoms with van der Waals surface area (Å²) in [7, 11) is -6.23. The molecule has 0 aromatic heterocycles. The molecule has 0 N–H and O–H groups in total. The number of rotatable bonds is 8. The molecule has 1 saturated heterocycles. The summed E-state index contributed by atoms with van der Waals surface area (Å²) in [6.45, 7) is 1.23. The summed E-state index contributed by atoms with van der Waals surface area (Å²) >= 11 is 0. The van der Waals surface area contributed by atoms with E-state index in [2.05, 4.69) is 15.5 Å². The van der Waals surface area contributed by atoms with Gasteiger partial charge < -0.3 is 14.2 Å². The Morgan fingerprint density at radius 1 is 1.22 bits per heavy atom. The maximum absolute atomic E-state index is 13.7. The van der Waals surface area contributed by atoms with Gasteiger partial charge in [0.15, 0.2) is 18.5 Å². The second kappa shape index (κ2) is 8.32. The van der Waals surface area contributed by atoms with Gasteiger partial charge in [0.2, 0.25) is 5.83 Å². The van der Waals surface area contributed by atoms with E-state index in [1.165, 1.54) is 0 Å². The van der Waals surface area contributed by atoms with Gasteiger partial charge in [0, 0.05) is 6.42 Å². The van der Waals surface area contributed by atoms with Crippen molar-refractivity contribution in [1.29, 1.82) is 0 Å². The molecule has 0 bridgehead atoms. The summed E-state index contributed by atoms with van der Waals surface area (Å²) in [4.78, 5) is 10.7. The molecule has 0 aliphatic carbocycles. The zero-order chi connectivity index (χ0) is 21.1. The van der Waals surface area contributed by atoms with Crippen molar-refractivity contribution in [3.63, 3.8) is 0 Å². The van der Waals surface area contributed by atoms with E-state index in [-0.39, 0.29) is 13.2 Å². The molecule has 27 heavy (non-hydrogen) atoms. The highest BCUT2D eigenvalue weighted by molar-refractivity contribution is 7.87. The van der Waals surface area contributed by atoms with E-state index < -0.39 is 58.3 Å². The van der Waals surface area contributed by atoms with Crippen molar-refractivity contribution in [2.75, 3.05) is 19.8 Å². The normalized spacial score (nSPS) is 19.4. The van der Waals surface area contributed by atoms with Gasteiger partial charge in [-0.25, -0.2) is 4.79 Å². The van der Waals surface area contributed by atoms with Gasteiger partial charge in [-0.3, -0.25) is 4.18 Å². The Balaban J connectivity index is 2.94. The number of ether oxygens (including phenoxy) is 3. The summed E-state index contributed by atoms with van der Waals surface area (Å²) in [5.74, 6) is -5.73. The molecule has 1 rings (SSSR count). The molecule has 14 heteroatoms. The molecule has 0 amide bonds. The third-order valence-corrected chi connectivity index (χ3v) is 4.56. The standard InChI is InChI=1S/C13H16F6O7S/c1-8(14)10(20)23-7-12(15,16)27(21,22)26-9(13(17,18)19)6-11(2)24-4-3-5-25-11/h9H,1,3-7H2,2H3. The van der Waals surface area contributed by atoms with Crippen LogP contribution in [0.15, 0.2) is 12.4 Å². The smallest absolute Gasteiger partial charge is 0.416 e. The van der Waals surface area contributed by atoms with E-state index >= 15 is 0 Å². The van der Waals surface area contributed by atoms with Crippen molar-refractivity contribution < 1.29 is 57.9 Å². The molecule has 0 radical (unpaired) electrons. The molecule has 7 nitrogen and oxygen atoms in total. The van der Waals surface area contributed by atoms with E-state index in [4.69, 9.17) is 9.47 Å². The maximum Gasteiger partial charge on any atom is 0.416 e. The van der Waals surface area contributed by atoms with Crippen LogP contribution in [0.5, 0.6) is 0 Å². The molecule has 0 spiro atoms. The van der Waals surface area contributed by atoms with Gasteiger partial charge in [-0.15, -0.1) is 0 Å². The lowest BCUT2D eigenvalue weighted by molar-refractivity contribution is -0.288. The SMILES string of the molecule is C=C(F)C(=O)OCC(F)(F)S(=O)(=O)OC(CC1(C)OCCCO1)C(F)(F)F. The van der Waals surface area contributed by atoms with Crippen molar-refractivity contribution in [2.45, 2.75) is 43.1 Å². The van der Waals surface area contributed by atoms with Crippen molar-refractivity contribution >= 4 is 16.1 Å². The molecule has 1 aliphatic rings. The summed E-state index contributed by atoms with van der Waals surface area (Å²) in [6, 6.07) is 0. The van der Waals surface area contributed by atoms with Gasteiger partial charge in [-0.05, 0) is 13.3 Å². The zero-order valence-corrected chi connectivity index (χ0v) is 14.7. The fourth-order valence-electron chi connectivity index (χ4n) is 1.86. The van der Waals surface area contributed by atoms with Gasteiger partial charge in [0.05, 0.1) is 13.2 Å². The fraction of sp³-hybridized carbons (Fsp3) is 0.769. The average molecular weight is 430 g/mol. The van der Waals surface area contributed by atoms with Crippen LogP contribution in [0.3, 0.4) is 0 Å². The van der Waals surface area contributed by atoms with E-state index in [0.29, 0.717) is 6.42 Å². The van der Waals surface area contributed by atoms with Gasteiger partial charge in [0.25, 0.3) is 0 Å². The van der Waals surface area contributed by atoms with Crippen LogP contribution in [0.1, 0.15) is 19.8 Å². The van der Waals surface area contributed by atoms with Crippen LogP contribution >= 0.6 is 0 Å². The quantitative estimate of drug-likeness (QED) is 0.253. The Morgan fingerprint density at radius 2 is 1.74 bits per heavy atom. The van der Waals surface area contributed by atoms with Crippen molar-refractivity contribution in [1.82, 2.24) is 0 Å². The van der Waals surface area contributed by atoms with Crippen LogP contribution in [-0.2, 0) is 33.3 Å². The predicted molar refractivity (Wildman–Crippen MR) is 75.5 cm³/mol. The summed E-state index contributed by atoms with van der Waals surface area (Å²) in [5, 5.41) is -5.09. The highest BCUT2D eigenvalue weighted by Crippen LogP contribution is 2.36. The van der Waals surface area contributed by atoms with Gasteiger partial charge in [-0.1, -0.05) is 6.58 Å². The van der Waals surface area contributed by atoms with Crippen LogP contribution in [-0.4, -0.2) is 57.5 Å². The van der Waals surface area contributed by atoms with Gasteiger partial charge in [-0.2, -0.15) is 34.8 Å². The Bertz CT molecular complexity index is 655. The fourth-order valence-corrected chi connectivity index (χ4v) is 2.69. The minimum absolute atomic E-state index is 0.00700. The van der Waals surface area contributed by atoms with E-state index in [1.54, 1.807) is 0 Å². The van der Waals surface area contributed by atoms with E-state index in [0.717, 1.165) is 6.92 Å². The molecule has 1 atom stereocenters. The molecule has 158 valence electrons. The largest absolute Gasteiger partial charge is 0.453 e. The third kappa shape index (κ3) is 6.62. The summed E-state index contributed by atoms with van der Waals surface area (Å²) in [5.41, 5.74) is 0. The first-order valence-electron chi connectivity index (χ1n) is 7.26. The second-order valence-electron chi connectivity index (χ2n) is 5.59.